The molecule has 0 fully saturated rings. The van der Waals surface area contributed by atoms with Crippen molar-refractivity contribution in [3.8, 4) is 5.75 Å². The van der Waals surface area contributed by atoms with Crippen molar-refractivity contribution in [3.63, 3.8) is 0 Å². The Hall–Kier alpha value is -2.24. The molecule has 0 aromatic heterocycles. The summed E-state index contributed by atoms with van der Waals surface area (Å²) in [7, 11) is 0. The molecule has 0 aliphatic carbocycles. The molecule has 23 heavy (non-hydrogen) atoms. The fourth-order valence-corrected chi connectivity index (χ4v) is 2.74. The molecule has 1 atom stereocenters. The van der Waals surface area contributed by atoms with E-state index in [1.807, 2.05) is 25.1 Å². The number of hydrogen-bond donors (Lipinski definition) is 1. The number of carboxylic acids is 1. The SMILES string of the molecule is CCCN(CC(C)C(=O)O)c1ccc2c(c1)OCC(=O)N2CC. The monoisotopic (exact) mass is 320 g/mol. The van der Waals surface area contributed by atoms with Gasteiger partial charge in [0.1, 0.15) is 5.75 Å². The van der Waals surface area contributed by atoms with E-state index in [9.17, 15) is 9.59 Å². The van der Waals surface area contributed by atoms with Crippen molar-refractivity contribution in [2.24, 2.45) is 5.92 Å². The summed E-state index contributed by atoms with van der Waals surface area (Å²) in [5, 5.41) is 9.14. The highest BCUT2D eigenvalue weighted by Crippen LogP contribution is 2.35. The van der Waals surface area contributed by atoms with Crippen molar-refractivity contribution in [2.45, 2.75) is 27.2 Å². The average Bonchev–Trinajstić information content (AvgIpc) is 2.53. The Kier molecular flexibility index (Phi) is 5.47. The second-order valence-corrected chi connectivity index (χ2v) is 5.76. The van der Waals surface area contributed by atoms with Gasteiger partial charge in [-0.05, 0) is 25.5 Å². The topological polar surface area (TPSA) is 70.1 Å². The zero-order chi connectivity index (χ0) is 17.0. The summed E-state index contributed by atoms with van der Waals surface area (Å²) >= 11 is 0. The lowest BCUT2D eigenvalue weighted by Crippen LogP contribution is -2.38. The third-order valence-corrected chi connectivity index (χ3v) is 3.98. The van der Waals surface area contributed by atoms with Crippen molar-refractivity contribution in [3.05, 3.63) is 18.2 Å². The summed E-state index contributed by atoms with van der Waals surface area (Å²) in [4.78, 5) is 26.7. The molecule has 1 N–H and O–H groups in total. The minimum atomic E-state index is -0.803. The number of carboxylic acid groups (broad SMARTS) is 1. The van der Waals surface area contributed by atoms with Crippen LogP contribution in [0.4, 0.5) is 11.4 Å². The van der Waals surface area contributed by atoms with E-state index >= 15 is 0 Å². The van der Waals surface area contributed by atoms with Gasteiger partial charge in [0.15, 0.2) is 6.61 Å². The lowest BCUT2D eigenvalue weighted by Gasteiger charge is -2.31. The van der Waals surface area contributed by atoms with E-state index in [4.69, 9.17) is 9.84 Å². The summed E-state index contributed by atoms with van der Waals surface area (Å²) in [6.45, 7) is 7.55. The number of anilines is 2. The number of rotatable bonds is 7. The summed E-state index contributed by atoms with van der Waals surface area (Å²) < 4.78 is 5.55. The molecule has 1 aromatic carbocycles. The molecule has 1 unspecified atom stereocenters. The number of benzene rings is 1. The molecule has 1 aliphatic heterocycles. The van der Waals surface area contributed by atoms with E-state index in [0.29, 0.717) is 18.8 Å². The van der Waals surface area contributed by atoms with Crippen molar-refractivity contribution < 1.29 is 19.4 Å². The largest absolute Gasteiger partial charge is 0.481 e. The van der Waals surface area contributed by atoms with Crippen LogP contribution in [0.3, 0.4) is 0 Å². The Bertz CT molecular complexity index is 588. The summed E-state index contributed by atoms with van der Waals surface area (Å²) in [5.41, 5.74) is 1.69. The maximum Gasteiger partial charge on any atom is 0.308 e. The van der Waals surface area contributed by atoms with Crippen LogP contribution in [0.15, 0.2) is 18.2 Å². The first-order valence-electron chi connectivity index (χ1n) is 8.02. The molecule has 1 heterocycles. The zero-order valence-corrected chi connectivity index (χ0v) is 13.9. The van der Waals surface area contributed by atoms with Gasteiger partial charge >= 0.3 is 5.97 Å². The molecule has 126 valence electrons. The number of carbonyl (C=O) groups excluding carboxylic acids is 1. The van der Waals surface area contributed by atoms with Gasteiger partial charge in [0.2, 0.25) is 0 Å². The number of fused-ring (bicyclic) bond motifs is 1. The molecule has 0 saturated carbocycles. The maximum atomic E-state index is 11.9. The van der Waals surface area contributed by atoms with Crippen LogP contribution >= 0.6 is 0 Å². The van der Waals surface area contributed by atoms with Crippen LogP contribution in [0.1, 0.15) is 27.2 Å². The first-order chi connectivity index (χ1) is 11.0. The van der Waals surface area contributed by atoms with Gasteiger partial charge in [0, 0.05) is 31.4 Å². The fourth-order valence-electron chi connectivity index (χ4n) is 2.74. The molecular formula is C17H24N2O4. The summed E-state index contributed by atoms with van der Waals surface area (Å²) in [5.74, 6) is -0.624. The molecule has 0 radical (unpaired) electrons. The normalized spacial score (nSPS) is 14.9. The Morgan fingerprint density at radius 2 is 2.17 bits per heavy atom. The Balaban J connectivity index is 2.28. The third-order valence-electron chi connectivity index (χ3n) is 3.98. The standard InChI is InChI=1S/C17H24N2O4/c1-4-8-18(10-12(3)17(21)22)13-6-7-14-15(9-13)23-11-16(20)19(14)5-2/h6-7,9,12H,4-5,8,10-11H2,1-3H3,(H,21,22). The highest BCUT2D eigenvalue weighted by Gasteiger charge is 2.25. The highest BCUT2D eigenvalue weighted by atomic mass is 16.5. The second-order valence-electron chi connectivity index (χ2n) is 5.76. The minimum absolute atomic E-state index is 0.0438. The third kappa shape index (κ3) is 3.75. The van der Waals surface area contributed by atoms with Gasteiger partial charge in [0.25, 0.3) is 5.91 Å². The van der Waals surface area contributed by atoms with Gasteiger partial charge in [0.05, 0.1) is 11.6 Å². The van der Waals surface area contributed by atoms with Crippen LogP contribution in [0.2, 0.25) is 0 Å². The lowest BCUT2D eigenvalue weighted by molar-refractivity contribution is -0.140. The molecule has 6 heteroatoms. The van der Waals surface area contributed by atoms with E-state index in [1.165, 1.54) is 0 Å². The van der Waals surface area contributed by atoms with E-state index < -0.39 is 11.9 Å². The van der Waals surface area contributed by atoms with Crippen molar-refractivity contribution >= 4 is 23.3 Å². The lowest BCUT2D eigenvalue weighted by atomic mass is 10.1. The molecule has 0 saturated heterocycles. The number of likely N-dealkylation sites (N-methyl/N-ethyl adjacent to an activating group) is 1. The molecule has 1 aromatic rings. The maximum absolute atomic E-state index is 11.9. The number of carbonyl (C=O) groups is 2. The molecular weight excluding hydrogens is 296 g/mol. The van der Waals surface area contributed by atoms with Crippen LogP contribution in [0.5, 0.6) is 5.75 Å². The van der Waals surface area contributed by atoms with E-state index in [1.54, 1.807) is 11.8 Å². The Morgan fingerprint density at radius 1 is 1.43 bits per heavy atom. The van der Waals surface area contributed by atoms with Crippen LogP contribution in [-0.2, 0) is 9.59 Å². The summed E-state index contributed by atoms with van der Waals surface area (Å²) in [6.07, 6.45) is 0.920. The highest BCUT2D eigenvalue weighted by molar-refractivity contribution is 5.98. The van der Waals surface area contributed by atoms with Gasteiger partial charge < -0.3 is 19.6 Å². The zero-order valence-electron chi connectivity index (χ0n) is 13.9. The van der Waals surface area contributed by atoms with E-state index in [-0.39, 0.29) is 12.5 Å². The van der Waals surface area contributed by atoms with E-state index in [2.05, 4.69) is 11.8 Å². The first kappa shape index (κ1) is 17.1. The predicted octanol–water partition coefficient (Wildman–Crippen LogP) is 2.37. The molecule has 0 bridgehead atoms. The van der Waals surface area contributed by atoms with Crippen LogP contribution < -0.4 is 14.5 Å². The van der Waals surface area contributed by atoms with Crippen LogP contribution in [0, 0.1) is 5.92 Å². The molecule has 2 rings (SSSR count). The minimum Gasteiger partial charge on any atom is -0.481 e. The quantitative estimate of drug-likeness (QED) is 0.835. The smallest absolute Gasteiger partial charge is 0.308 e. The second kappa shape index (κ2) is 7.35. The molecule has 6 nitrogen and oxygen atoms in total. The van der Waals surface area contributed by atoms with Gasteiger partial charge in [-0.15, -0.1) is 0 Å². The van der Waals surface area contributed by atoms with Crippen molar-refractivity contribution in [1.29, 1.82) is 0 Å². The fraction of sp³-hybridized carbons (Fsp3) is 0.529. The molecule has 1 amide bonds. The van der Waals surface area contributed by atoms with Gasteiger partial charge in [-0.25, -0.2) is 0 Å². The van der Waals surface area contributed by atoms with Crippen LogP contribution in [-0.4, -0.2) is 43.2 Å². The number of nitrogens with zero attached hydrogens (tertiary/aromatic N) is 2. The van der Waals surface area contributed by atoms with Gasteiger partial charge in [-0.1, -0.05) is 13.8 Å². The Morgan fingerprint density at radius 3 is 2.78 bits per heavy atom. The van der Waals surface area contributed by atoms with Gasteiger partial charge in [-0.3, -0.25) is 9.59 Å². The molecule has 0 spiro atoms. The Labute approximate surface area is 136 Å². The average molecular weight is 320 g/mol. The number of ether oxygens (including phenoxy) is 1. The predicted molar refractivity (Wildman–Crippen MR) is 89.3 cm³/mol. The van der Waals surface area contributed by atoms with E-state index in [0.717, 1.165) is 24.3 Å². The number of hydrogen-bond acceptors (Lipinski definition) is 4. The molecule has 1 aliphatic rings. The first-order valence-corrected chi connectivity index (χ1v) is 8.02. The summed E-state index contributed by atoms with van der Waals surface area (Å²) in [6, 6.07) is 5.70. The number of amides is 1. The van der Waals surface area contributed by atoms with Crippen LogP contribution in [0.25, 0.3) is 0 Å². The van der Waals surface area contributed by atoms with Gasteiger partial charge in [-0.2, -0.15) is 0 Å². The number of aliphatic carboxylic acids is 1. The van der Waals surface area contributed by atoms with Crippen molar-refractivity contribution in [2.75, 3.05) is 36.0 Å². The van der Waals surface area contributed by atoms with Crippen molar-refractivity contribution in [1.82, 2.24) is 0 Å².